The lowest BCUT2D eigenvalue weighted by molar-refractivity contribution is -0.127. The Morgan fingerprint density at radius 3 is 2.39 bits per heavy atom. The van der Waals surface area contributed by atoms with Gasteiger partial charge in [-0.2, -0.15) is 0 Å². The summed E-state index contributed by atoms with van der Waals surface area (Å²) in [6, 6.07) is 7.44. The highest BCUT2D eigenvalue weighted by Gasteiger charge is 2.30. The number of nitrogens with one attached hydrogen (secondary N) is 1. The maximum atomic E-state index is 12.2. The summed E-state index contributed by atoms with van der Waals surface area (Å²) in [5, 5.41) is 3.07. The van der Waals surface area contributed by atoms with Crippen molar-refractivity contribution < 1.29 is 9.53 Å². The quantitative estimate of drug-likeness (QED) is 0.814. The Kier molecular flexibility index (Phi) is 7.36. The molecular formula is C23H37N3O2. The molecule has 2 aliphatic heterocycles. The number of rotatable bonds is 6. The highest BCUT2D eigenvalue weighted by molar-refractivity contribution is 5.78. The molecule has 2 fully saturated rings. The summed E-state index contributed by atoms with van der Waals surface area (Å²) in [6.45, 7) is 11.7. The summed E-state index contributed by atoms with van der Waals surface area (Å²) < 4.78 is 5.37. The van der Waals surface area contributed by atoms with Crippen LogP contribution in [-0.2, 0) is 11.3 Å². The third-order valence-corrected chi connectivity index (χ3v) is 6.27. The Labute approximate surface area is 170 Å². The summed E-state index contributed by atoms with van der Waals surface area (Å²) in [7, 11) is 1.73. The number of carbonyl (C=O) groups excluding carboxylic acids is 1. The van der Waals surface area contributed by atoms with Crippen LogP contribution >= 0.6 is 0 Å². The van der Waals surface area contributed by atoms with E-state index in [1.165, 1.54) is 24.0 Å². The molecular weight excluding hydrogens is 350 g/mol. The van der Waals surface area contributed by atoms with Crippen molar-refractivity contribution in [2.24, 2.45) is 5.92 Å². The third-order valence-electron chi connectivity index (χ3n) is 6.27. The van der Waals surface area contributed by atoms with Crippen molar-refractivity contribution in [2.75, 3.05) is 33.3 Å². The van der Waals surface area contributed by atoms with Crippen LogP contribution in [0.4, 0.5) is 0 Å². The van der Waals surface area contributed by atoms with Crippen molar-refractivity contribution >= 4 is 5.91 Å². The number of piperidine rings is 2. The van der Waals surface area contributed by atoms with Crippen molar-refractivity contribution in [3.8, 4) is 5.75 Å². The molecule has 0 atom stereocenters. The second-order valence-corrected chi connectivity index (χ2v) is 8.78. The van der Waals surface area contributed by atoms with Gasteiger partial charge in [-0.15, -0.1) is 0 Å². The van der Waals surface area contributed by atoms with Crippen LogP contribution in [0.2, 0.25) is 0 Å². The topological polar surface area (TPSA) is 44.8 Å². The predicted molar refractivity (Wildman–Crippen MR) is 114 cm³/mol. The second-order valence-electron chi connectivity index (χ2n) is 8.78. The van der Waals surface area contributed by atoms with Crippen LogP contribution < -0.4 is 10.1 Å². The molecule has 5 heteroatoms. The van der Waals surface area contributed by atoms with Crippen molar-refractivity contribution in [3.05, 3.63) is 29.3 Å². The lowest BCUT2D eigenvalue weighted by Crippen LogP contribution is -2.49. The SMILES string of the molecule is COc1ccc(CN2CCC(N3CCC(C(=O)NC(C)C)CC3)CC2)cc1C. The highest BCUT2D eigenvalue weighted by Crippen LogP contribution is 2.25. The molecule has 2 saturated heterocycles. The molecule has 5 nitrogen and oxygen atoms in total. The molecule has 3 rings (SSSR count). The number of hydrogen-bond acceptors (Lipinski definition) is 4. The van der Waals surface area contributed by atoms with Gasteiger partial charge in [0.25, 0.3) is 0 Å². The van der Waals surface area contributed by atoms with E-state index in [4.69, 9.17) is 4.74 Å². The Morgan fingerprint density at radius 2 is 1.82 bits per heavy atom. The van der Waals surface area contributed by atoms with E-state index in [9.17, 15) is 4.79 Å². The average molecular weight is 388 g/mol. The standard InChI is InChI=1S/C23H37N3O2/c1-17(2)24-23(27)20-7-13-26(14-8-20)21-9-11-25(12-10-21)16-19-5-6-22(28-4)18(3)15-19/h5-6,15,17,20-21H,7-14,16H2,1-4H3,(H,24,27). The molecule has 2 aliphatic rings. The number of hydrogen-bond donors (Lipinski definition) is 1. The minimum atomic E-state index is 0.206. The highest BCUT2D eigenvalue weighted by atomic mass is 16.5. The minimum Gasteiger partial charge on any atom is -0.496 e. The molecule has 28 heavy (non-hydrogen) atoms. The normalized spacial score (nSPS) is 20.5. The molecule has 0 spiro atoms. The number of nitrogens with zero attached hydrogens (tertiary/aromatic N) is 2. The molecule has 0 radical (unpaired) electrons. The van der Waals surface area contributed by atoms with E-state index >= 15 is 0 Å². The molecule has 0 bridgehead atoms. The van der Waals surface area contributed by atoms with Gasteiger partial charge in [0.2, 0.25) is 5.91 Å². The van der Waals surface area contributed by atoms with Gasteiger partial charge in [-0.25, -0.2) is 0 Å². The van der Waals surface area contributed by atoms with E-state index in [1.54, 1.807) is 7.11 Å². The summed E-state index contributed by atoms with van der Waals surface area (Å²) in [6.07, 6.45) is 4.48. The lowest BCUT2D eigenvalue weighted by atomic mass is 9.92. The zero-order valence-electron chi connectivity index (χ0n) is 18.0. The summed E-state index contributed by atoms with van der Waals surface area (Å²) in [5.74, 6) is 1.42. The molecule has 1 aromatic carbocycles. The summed E-state index contributed by atoms with van der Waals surface area (Å²) in [5.41, 5.74) is 2.58. The first-order chi connectivity index (χ1) is 13.5. The second kappa shape index (κ2) is 9.75. The zero-order chi connectivity index (χ0) is 20.1. The predicted octanol–water partition coefficient (Wildman–Crippen LogP) is 3.20. The Bertz CT molecular complexity index is 645. The average Bonchev–Trinajstić information content (AvgIpc) is 2.68. The van der Waals surface area contributed by atoms with Gasteiger partial charge in [-0.3, -0.25) is 9.69 Å². The fraction of sp³-hybridized carbons (Fsp3) is 0.696. The van der Waals surface area contributed by atoms with Crippen LogP contribution in [0.3, 0.4) is 0 Å². The maximum absolute atomic E-state index is 12.2. The summed E-state index contributed by atoms with van der Waals surface area (Å²) in [4.78, 5) is 17.4. The Balaban J connectivity index is 1.42. The van der Waals surface area contributed by atoms with Crippen LogP contribution in [0.25, 0.3) is 0 Å². The number of aryl methyl sites for hydroxylation is 1. The molecule has 0 aromatic heterocycles. The molecule has 1 N–H and O–H groups in total. The molecule has 156 valence electrons. The van der Waals surface area contributed by atoms with Crippen LogP contribution in [0, 0.1) is 12.8 Å². The van der Waals surface area contributed by atoms with Crippen LogP contribution in [0.5, 0.6) is 5.75 Å². The van der Waals surface area contributed by atoms with Gasteiger partial charge in [0.15, 0.2) is 0 Å². The molecule has 1 amide bonds. The van der Waals surface area contributed by atoms with E-state index < -0.39 is 0 Å². The van der Waals surface area contributed by atoms with E-state index in [0.29, 0.717) is 6.04 Å². The van der Waals surface area contributed by atoms with Crippen LogP contribution in [-0.4, -0.2) is 61.1 Å². The Morgan fingerprint density at radius 1 is 1.14 bits per heavy atom. The largest absolute Gasteiger partial charge is 0.496 e. The monoisotopic (exact) mass is 387 g/mol. The lowest BCUT2D eigenvalue weighted by Gasteiger charge is -2.41. The zero-order valence-corrected chi connectivity index (χ0v) is 18.0. The van der Waals surface area contributed by atoms with Gasteiger partial charge in [-0.1, -0.05) is 12.1 Å². The number of ether oxygens (including phenoxy) is 1. The summed E-state index contributed by atoms with van der Waals surface area (Å²) >= 11 is 0. The van der Waals surface area contributed by atoms with E-state index in [1.807, 2.05) is 13.8 Å². The number of benzene rings is 1. The first kappa shape index (κ1) is 21.1. The van der Waals surface area contributed by atoms with Gasteiger partial charge < -0.3 is 15.0 Å². The van der Waals surface area contributed by atoms with E-state index in [0.717, 1.165) is 51.3 Å². The van der Waals surface area contributed by atoms with Crippen molar-refractivity contribution in [1.29, 1.82) is 0 Å². The molecule has 2 heterocycles. The fourth-order valence-electron chi connectivity index (χ4n) is 4.67. The third kappa shape index (κ3) is 5.48. The number of methoxy groups -OCH3 is 1. The van der Waals surface area contributed by atoms with Gasteiger partial charge in [-0.05, 0) is 89.8 Å². The molecule has 1 aromatic rings. The van der Waals surface area contributed by atoms with E-state index in [-0.39, 0.29) is 17.9 Å². The maximum Gasteiger partial charge on any atom is 0.223 e. The van der Waals surface area contributed by atoms with Crippen molar-refractivity contribution in [2.45, 2.75) is 65.1 Å². The Hall–Kier alpha value is -1.59. The van der Waals surface area contributed by atoms with E-state index in [2.05, 4.69) is 40.2 Å². The molecule has 0 unspecified atom stereocenters. The first-order valence-corrected chi connectivity index (χ1v) is 10.9. The minimum absolute atomic E-state index is 0.206. The van der Waals surface area contributed by atoms with Crippen LogP contribution in [0.1, 0.15) is 50.7 Å². The van der Waals surface area contributed by atoms with Crippen molar-refractivity contribution in [1.82, 2.24) is 15.1 Å². The smallest absolute Gasteiger partial charge is 0.223 e. The number of carbonyl (C=O) groups is 1. The van der Waals surface area contributed by atoms with Crippen LogP contribution in [0.15, 0.2) is 18.2 Å². The fourth-order valence-corrected chi connectivity index (χ4v) is 4.67. The van der Waals surface area contributed by atoms with Gasteiger partial charge in [0, 0.05) is 24.5 Å². The van der Waals surface area contributed by atoms with Gasteiger partial charge in [0.1, 0.15) is 5.75 Å². The van der Waals surface area contributed by atoms with Crippen molar-refractivity contribution in [3.63, 3.8) is 0 Å². The number of likely N-dealkylation sites (tertiary alicyclic amines) is 2. The van der Waals surface area contributed by atoms with Gasteiger partial charge in [0.05, 0.1) is 7.11 Å². The number of amides is 1. The first-order valence-electron chi connectivity index (χ1n) is 10.9. The molecule has 0 aliphatic carbocycles. The molecule has 0 saturated carbocycles. The van der Waals surface area contributed by atoms with Gasteiger partial charge >= 0.3 is 0 Å².